The molecule has 2 aromatic heterocycles. The Bertz CT molecular complexity index is 983. The Hall–Kier alpha value is -2.72. The van der Waals surface area contributed by atoms with Gasteiger partial charge in [-0.25, -0.2) is 0 Å². The number of allylic oxidation sites excluding steroid dienone is 1. The number of carbonyl (C=O) groups is 1. The number of nitrogens with one attached hydrogen (secondary N) is 1. The summed E-state index contributed by atoms with van der Waals surface area (Å²) in [7, 11) is 1.64. The van der Waals surface area contributed by atoms with Gasteiger partial charge in [0.1, 0.15) is 16.6 Å². The van der Waals surface area contributed by atoms with Crippen molar-refractivity contribution >= 4 is 34.1 Å². The van der Waals surface area contributed by atoms with Gasteiger partial charge in [-0.1, -0.05) is 41.3 Å². The van der Waals surface area contributed by atoms with Crippen molar-refractivity contribution < 1.29 is 9.53 Å². The van der Waals surface area contributed by atoms with Gasteiger partial charge in [0.15, 0.2) is 5.16 Å². The standard InChI is InChI=1S/C19H22N6O2S2/c1-5-10-25-16(11-14-6-8-15(27-4)9-7-14)22-24-19(25)28-12(2)17(26)20-18-23-21-13(3)29-18/h5-9,12H,1,10-11H2,2-4H3,(H,20,23,26). The molecule has 1 amide bonds. The van der Waals surface area contributed by atoms with Crippen LogP contribution in [-0.2, 0) is 17.8 Å². The topological polar surface area (TPSA) is 94.8 Å². The SMILES string of the molecule is C=CCn1c(Cc2ccc(OC)cc2)nnc1SC(C)C(=O)Nc1nnc(C)s1. The van der Waals surface area contributed by atoms with Gasteiger partial charge >= 0.3 is 0 Å². The highest BCUT2D eigenvalue weighted by molar-refractivity contribution is 8.00. The van der Waals surface area contributed by atoms with E-state index in [2.05, 4.69) is 32.3 Å². The van der Waals surface area contributed by atoms with Gasteiger partial charge < -0.3 is 9.30 Å². The minimum atomic E-state index is -0.374. The molecule has 0 aliphatic heterocycles. The van der Waals surface area contributed by atoms with Crippen molar-refractivity contribution in [3.8, 4) is 5.75 Å². The van der Waals surface area contributed by atoms with Crippen molar-refractivity contribution in [2.75, 3.05) is 12.4 Å². The monoisotopic (exact) mass is 430 g/mol. The van der Waals surface area contributed by atoms with Gasteiger partial charge in [0.2, 0.25) is 11.0 Å². The number of carbonyl (C=O) groups excluding carboxylic acids is 1. The fraction of sp³-hybridized carbons (Fsp3) is 0.316. The predicted molar refractivity (Wildman–Crippen MR) is 115 cm³/mol. The quantitative estimate of drug-likeness (QED) is 0.411. The van der Waals surface area contributed by atoms with E-state index in [4.69, 9.17) is 4.74 Å². The first kappa shape index (κ1) is 21.0. The number of benzene rings is 1. The third-order valence-corrected chi connectivity index (χ3v) is 5.87. The van der Waals surface area contributed by atoms with Crippen LogP contribution in [0.1, 0.15) is 23.3 Å². The molecule has 1 atom stereocenters. The van der Waals surface area contributed by atoms with Crippen molar-refractivity contribution in [2.45, 2.75) is 37.2 Å². The Balaban J connectivity index is 1.71. The molecule has 3 aromatic rings. The number of hydrogen-bond acceptors (Lipinski definition) is 8. The number of anilines is 1. The number of ether oxygens (including phenoxy) is 1. The van der Waals surface area contributed by atoms with Crippen LogP contribution in [0.2, 0.25) is 0 Å². The Labute approximate surface area is 177 Å². The van der Waals surface area contributed by atoms with Crippen LogP contribution in [0.3, 0.4) is 0 Å². The molecule has 0 aliphatic carbocycles. The van der Waals surface area contributed by atoms with Crippen molar-refractivity contribution in [1.29, 1.82) is 0 Å². The van der Waals surface area contributed by atoms with E-state index in [1.54, 1.807) is 13.2 Å². The van der Waals surface area contributed by atoms with Gasteiger partial charge in [0.25, 0.3) is 0 Å². The van der Waals surface area contributed by atoms with E-state index in [0.29, 0.717) is 23.3 Å². The van der Waals surface area contributed by atoms with Gasteiger partial charge in [-0.2, -0.15) is 0 Å². The second kappa shape index (κ2) is 9.66. The van der Waals surface area contributed by atoms with Gasteiger partial charge in [0.05, 0.1) is 12.4 Å². The Morgan fingerprint density at radius 2 is 2.07 bits per heavy atom. The molecule has 1 aromatic carbocycles. The molecule has 0 spiro atoms. The molecule has 10 heteroatoms. The number of aromatic nitrogens is 5. The third-order valence-electron chi connectivity index (χ3n) is 4.03. The predicted octanol–water partition coefficient (Wildman–Crippen LogP) is 3.34. The average molecular weight is 431 g/mol. The van der Waals surface area contributed by atoms with Crippen LogP contribution in [0.5, 0.6) is 5.75 Å². The van der Waals surface area contributed by atoms with E-state index in [0.717, 1.165) is 22.1 Å². The molecule has 0 aliphatic rings. The maximum atomic E-state index is 12.5. The number of rotatable bonds is 9. The Kier molecular flexibility index (Phi) is 6.99. The molecular formula is C19H22N6O2S2. The highest BCUT2D eigenvalue weighted by Gasteiger charge is 2.21. The second-order valence-corrected chi connectivity index (χ2v) is 8.69. The van der Waals surface area contributed by atoms with Crippen LogP contribution in [0.4, 0.5) is 5.13 Å². The first-order valence-electron chi connectivity index (χ1n) is 8.93. The summed E-state index contributed by atoms with van der Waals surface area (Å²) in [5.74, 6) is 1.46. The van der Waals surface area contributed by atoms with Crippen LogP contribution in [-0.4, -0.2) is 43.2 Å². The van der Waals surface area contributed by atoms with Gasteiger partial charge in [-0.3, -0.25) is 10.1 Å². The zero-order chi connectivity index (χ0) is 20.8. The summed E-state index contributed by atoms with van der Waals surface area (Å²) in [5, 5.41) is 20.8. The van der Waals surface area contributed by atoms with Gasteiger partial charge in [-0.15, -0.1) is 27.0 Å². The lowest BCUT2D eigenvalue weighted by molar-refractivity contribution is -0.115. The smallest absolute Gasteiger partial charge is 0.239 e. The first-order chi connectivity index (χ1) is 14.0. The molecule has 29 heavy (non-hydrogen) atoms. The number of methoxy groups -OCH3 is 1. The van der Waals surface area contributed by atoms with E-state index in [9.17, 15) is 4.79 Å². The average Bonchev–Trinajstić information content (AvgIpc) is 3.29. The van der Waals surface area contributed by atoms with Gasteiger partial charge in [-0.05, 0) is 31.5 Å². The lowest BCUT2D eigenvalue weighted by Crippen LogP contribution is -2.23. The zero-order valence-corrected chi connectivity index (χ0v) is 18.1. The summed E-state index contributed by atoms with van der Waals surface area (Å²) in [6.07, 6.45) is 2.41. The maximum Gasteiger partial charge on any atom is 0.239 e. The Morgan fingerprint density at radius 3 is 2.69 bits per heavy atom. The molecule has 152 valence electrons. The van der Waals surface area contributed by atoms with E-state index in [1.807, 2.05) is 42.7 Å². The molecule has 2 heterocycles. The molecular weight excluding hydrogens is 408 g/mol. The molecule has 0 radical (unpaired) electrons. The summed E-state index contributed by atoms with van der Waals surface area (Å²) in [6, 6.07) is 7.83. The lowest BCUT2D eigenvalue weighted by atomic mass is 10.1. The minimum Gasteiger partial charge on any atom is -0.497 e. The summed E-state index contributed by atoms with van der Waals surface area (Å²) in [6.45, 7) is 8.05. The molecule has 0 saturated heterocycles. The third kappa shape index (κ3) is 5.42. The van der Waals surface area contributed by atoms with Crippen LogP contribution < -0.4 is 10.1 Å². The van der Waals surface area contributed by atoms with Crippen molar-refractivity contribution in [2.24, 2.45) is 0 Å². The molecule has 0 fully saturated rings. The van der Waals surface area contributed by atoms with Crippen molar-refractivity contribution in [3.63, 3.8) is 0 Å². The highest BCUT2D eigenvalue weighted by atomic mass is 32.2. The fourth-order valence-electron chi connectivity index (χ4n) is 2.54. The van der Waals surface area contributed by atoms with E-state index in [1.165, 1.54) is 23.1 Å². The fourth-order valence-corrected chi connectivity index (χ4v) is 4.01. The number of amides is 1. The van der Waals surface area contributed by atoms with Crippen LogP contribution in [0, 0.1) is 6.92 Å². The maximum absolute atomic E-state index is 12.5. The highest BCUT2D eigenvalue weighted by Crippen LogP contribution is 2.25. The summed E-state index contributed by atoms with van der Waals surface area (Å²) in [5.41, 5.74) is 1.09. The molecule has 0 saturated carbocycles. The molecule has 3 rings (SSSR count). The van der Waals surface area contributed by atoms with E-state index in [-0.39, 0.29) is 11.2 Å². The summed E-state index contributed by atoms with van der Waals surface area (Å²) >= 11 is 2.69. The number of nitrogens with zero attached hydrogens (tertiary/aromatic N) is 5. The number of thioether (sulfide) groups is 1. The van der Waals surface area contributed by atoms with Crippen molar-refractivity contribution in [3.05, 3.63) is 53.3 Å². The number of hydrogen-bond donors (Lipinski definition) is 1. The molecule has 8 nitrogen and oxygen atoms in total. The zero-order valence-electron chi connectivity index (χ0n) is 16.5. The van der Waals surface area contributed by atoms with Crippen LogP contribution >= 0.6 is 23.1 Å². The summed E-state index contributed by atoms with van der Waals surface area (Å²) in [4.78, 5) is 12.5. The normalized spacial score (nSPS) is 11.8. The van der Waals surface area contributed by atoms with Crippen LogP contribution in [0.15, 0.2) is 42.1 Å². The minimum absolute atomic E-state index is 0.156. The molecule has 0 bridgehead atoms. The van der Waals surface area contributed by atoms with Crippen molar-refractivity contribution in [1.82, 2.24) is 25.0 Å². The van der Waals surface area contributed by atoms with E-state index >= 15 is 0 Å². The molecule has 1 unspecified atom stereocenters. The largest absolute Gasteiger partial charge is 0.497 e. The Morgan fingerprint density at radius 1 is 1.31 bits per heavy atom. The first-order valence-corrected chi connectivity index (χ1v) is 10.6. The lowest BCUT2D eigenvalue weighted by Gasteiger charge is -2.12. The van der Waals surface area contributed by atoms with Crippen LogP contribution in [0.25, 0.3) is 0 Å². The second-order valence-electron chi connectivity index (χ2n) is 6.20. The number of aryl methyl sites for hydroxylation is 1. The summed E-state index contributed by atoms with van der Waals surface area (Å²) < 4.78 is 7.17. The molecule has 1 N–H and O–H groups in total. The van der Waals surface area contributed by atoms with E-state index < -0.39 is 0 Å². The van der Waals surface area contributed by atoms with Gasteiger partial charge in [0, 0.05) is 13.0 Å².